The minimum atomic E-state index is -0.166. The summed E-state index contributed by atoms with van der Waals surface area (Å²) in [6.07, 6.45) is 3.38. The van der Waals surface area contributed by atoms with E-state index in [9.17, 15) is 4.79 Å². The summed E-state index contributed by atoms with van der Waals surface area (Å²) in [5.41, 5.74) is 0.986. The van der Waals surface area contributed by atoms with Crippen LogP contribution < -0.4 is 5.32 Å². The van der Waals surface area contributed by atoms with Gasteiger partial charge in [-0.3, -0.25) is 9.78 Å². The van der Waals surface area contributed by atoms with Gasteiger partial charge in [0.1, 0.15) is 11.5 Å². The van der Waals surface area contributed by atoms with Crippen molar-refractivity contribution < 1.29 is 4.79 Å². The molecule has 0 fully saturated rings. The van der Waals surface area contributed by atoms with Gasteiger partial charge in [-0.2, -0.15) is 0 Å². The molecule has 17 heavy (non-hydrogen) atoms. The van der Waals surface area contributed by atoms with E-state index in [1.807, 2.05) is 39.0 Å². The predicted octanol–water partition coefficient (Wildman–Crippen LogP) is 2.00. The van der Waals surface area contributed by atoms with Gasteiger partial charge in [0, 0.05) is 11.6 Å². The number of carbonyl (C=O) groups is 1. The average molecular weight is 229 g/mol. The molecule has 1 aromatic heterocycles. The second-order valence-electron chi connectivity index (χ2n) is 4.95. The molecule has 1 N–H and O–H groups in total. The summed E-state index contributed by atoms with van der Waals surface area (Å²) in [7, 11) is 0. The molecule has 0 saturated heterocycles. The van der Waals surface area contributed by atoms with Crippen molar-refractivity contribution in [1.29, 1.82) is 0 Å². The monoisotopic (exact) mass is 229 g/mol. The largest absolute Gasteiger partial charge is 0.308 e. The van der Waals surface area contributed by atoms with Crippen LogP contribution in [0.3, 0.4) is 0 Å². The standard InChI is InChI=1S/C13H15N3O/c1-13(2,3)12-15-10(11(17)16-12)8-9-6-4-5-7-14-9/h4-8H,1-3H3,(H,15,16,17)/b10-8+. The Hall–Kier alpha value is -1.97. The van der Waals surface area contributed by atoms with Gasteiger partial charge in [-0.15, -0.1) is 0 Å². The van der Waals surface area contributed by atoms with Crippen LogP contribution in [-0.2, 0) is 4.79 Å². The molecule has 0 aromatic carbocycles. The maximum Gasteiger partial charge on any atom is 0.275 e. The fraction of sp³-hybridized carbons (Fsp3) is 0.308. The van der Waals surface area contributed by atoms with Gasteiger partial charge in [0.05, 0.1) is 5.69 Å². The van der Waals surface area contributed by atoms with E-state index in [1.54, 1.807) is 12.3 Å². The molecular weight excluding hydrogens is 214 g/mol. The molecule has 88 valence electrons. The number of carbonyl (C=O) groups excluding carboxylic acids is 1. The predicted molar refractivity (Wildman–Crippen MR) is 67.2 cm³/mol. The number of aliphatic imine (C=N–C) groups is 1. The molecule has 0 saturated carbocycles. The Labute approximate surface area is 100 Å². The molecule has 2 heterocycles. The van der Waals surface area contributed by atoms with Gasteiger partial charge in [0.2, 0.25) is 0 Å². The molecule has 0 spiro atoms. The van der Waals surface area contributed by atoms with E-state index in [-0.39, 0.29) is 11.3 Å². The minimum Gasteiger partial charge on any atom is -0.308 e. The highest BCUT2D eigenvalue weighted by Gasteiger charge is 2.28. The molecular formula is C13H15N3O. The maximum absolute atomic E-state index is 11.7. The lowest BCUT2D eigenvalue weighted by molar-refractivity contribution is -0.115. The van der Waals surface area contributed by atoms with Crippen LogP contribution in [0, 0.1) is 5.41 Å². The fourth-order valence-electron chi connectivity index (χ4n) is 1.43. The van der Waals surface area contributed by atoms with Gasteiger partial charge in [-0.25, -0.2) is 4.99 Å². The number of amides is 1. The summed E-state index contributed by atoms with van der Waals surface area (Å²) in [5.74, 6) is 0.533. The number of amidine groups is 1. The van der Waals surface area contributed by atoms with Crippen LogP contribution in [0.5, 0.6) is 0 Å². The van der Waals surface area contributed by atoms with Crippen molar-refractivity contribution >= 4 is 17.8 Å². The first kappa shape index (κ1) is 11.5. The van der Waals surface area contributed by atoms with Crippen LogP contribution in [0.1, 0.15) is 26.5 Å². The van der Waals surface area contributed by atoms with Crippen LogP contribution in [0.15, 0.2) is 35.1 Å². The number of aromatic nitrogens is 1. The zero-order valence-electron chi connectivity index (χ0n) is 10.2. The van der Waals surface area contributed by atoms with Crippen LogP contribution >= 0.6 is 0 Å². The first-order chi connectivity index (χ1) is 7.97. The molecule has 4 heteroatoms. The van der Waals surface area contributed by atoms with E-state index in [0.29, 0.717) is 11.5 Å². The van der Waals surface area contributed by atoms with Crippen molar-refractivity contribution in [2.45, 2.75) is 20.8 Å². The average Bonchev–Trinajstić information content (AvgIpc) is 2.62. The number of pyridine rings is 1. The van der Waals surface area contributed by atoms with Gasteiger partial charge in [-0.05, 0) is 18.2 Å². The van der Waals surface area contributed by atoms with Gasteiger partial charge < -0.3 is 5.32 Å². The van der Waals surface area contributed by atoms with Gasteiger partial charge in [-0.1, -0.05) is 26.8 Å². The summed E-state index contributed by atoms with van der Waals surface area (Å²) in [6, 6.07) is 5.55. The summed E-state index contributed by atoms with van der Waals surface area (Å²) in [4.78, 5) is 20.2. The number of rotatable bonds is 1. The number of hydrogen-bond donors (Lipinski definition) is 1. The Morgan fingerprint density at radius 1 is 1.29 bits per heavy atom. The van der Waals surface area contributed by atoms with Gasteiger partial charge in [0.25, 0.3) is 5.91 Å². The summed E-state index contributed by atoms with van der Waals surface area (Å²) in [6.45, 7) is 6.03. The number of nitrogens with one attached hydrogen (secondary N) is 1. The molecule has 2 rings (SSSR count). The lowest BCUT2D eigenvalue weighted by atomic mass is 9.95. The molecule has 1 aliphatic heterocycles. The normalized spacial score (nSPS) is 18.2. The van der Waals surface area contributed by atoms with Crippen molar-refractivity contribution in [3.63, 3.8) is 0 Å². The Bertz CT molecular complexity index is 495. The van der Waals surface area contributed by atoms with E-state index in [1.165, 1.54) is 0 Å². The van der Waals surface area contributed by atoms with Crippen LogP contribution in [0.2, 0.25) is 0 Å². The summed E-state index contributed by atoms with van der Waals surface area (Å²) >= 11 is 0. The molecule has 0 aliphatic carbocycles. The lowest BCUT2D eigenvalue weighted by Gasteiger charge is -2.16. The van der Waals surface area contributed by atoms with Crippen LogP contribution in [0.25, 0.3) is 6.08 Å². The van der Waals surface area contributed by atoms with E-state index in [4.69, 9.17) is 0 Å². The van der Waals surface area contributed by atoms with Crippen LogP contribution in [0.4, 0.5) is 0 Å². The smallest absolute Gasteiger partial charge is 0.275 e. The topological polar surface area (TPSA) is 54.4 Å². The Morgan fingerprint density at radius 3 is 2.59 bits per heavy atom. The maximum atomic E-state index is 11.7. The minimum absolute atomic E-state index is 0.157. The highest BCUT2D eigenvalue weighted by Crippen LogP contribution is 2.21. The first-order valence-electron chi connectivity index (χ1n) is 5.50. The Kier molecular flexibility index (Phi) is 2.79. The third kappa shape index (κ3) is 2.58. The second kappa shape index (κ2) is 4.13. The third-order valence-electron chi connectivity index (χ3n) is 2.38. The lowest BCUT2D eigenvalue weighted by Crippen LogP contribution is -2.34. The van der Waals surface area contributed by atoms with Gasteiger partial charge in [0.15, 0.2) is 0 Å². The number of nitrogens with zero attached hydrogens (tertiary/aromatic N) is 2. The Balaban J connectivity index is 2.32. The summed E-state index contributed by atoms with van der Waals surface area (Å²) in [5, 5.41) is 2.78. The Morgan fingerprint density at radius 2 is 2.06 bits per heavy atom. The highest BCUT2D eigenvalue weighted by atomic mass is 16.2. The van der Waals surface area contributed by atoms with E-state index < -0.39 is 0 Å². The van der Waals surface area contributed by atoms with Crippen LogP contribution in [-0.4, -0.2) is 16.7 Å². The molecule has 1 amide bonds. The van der Waals surface area contributed by atoms with Crippen molar-refractivity contribution in [3.05, 3.63) is 35.8 Å². The van der Waals surface area contributed by atoms with Crippen molar-refractivity contribution in [1.82, 2.24) is 10.3 Å². The quantitative estimate of drug-likeness (QED) is 0.749. The SMILES string of the molecule is CC(C)(C)C1=N/C(=C/c2ccccn2)C(=O)N1. The van der Waals surface area contributed by atoms with Crippen molar-refractivity contribution in [2.75, 3.05) is 0 Å². The first-order valence-corrected chi connectivity index (χ1v) is 5.50. The van der Waals surface area contributed by atoms with E-state index in [0.717, 1.165) is 5.69 Å². The number of hydrogen-bond acceptors (Lipinski definition) is 3. The third-order valence-corrected chi connectivity index (χ3v) is 2.38. The zero-order chi connectivity index (χ0) is 12.5. The van der Waals surface area contributed by atoms with E-state index in [2.05, 4.69) is 15.3 Å². The highest BCUT2D eigenvalue weighted by molar-refractivity contribution is 6.15. The second-order valence-corrected chi connectivity index (χ2v) is 4.95. The van der Waals surface area contributed by atoms with Gasteiger partial charge >= 0.3 is 0 Å². The molecule has 0 atom stereocenters. The molecule has 4 nitrogen and oxygen atoms in total. The molecule has 0 bridgehead atoms. The fourth-order valence-corrected chi connectivity index (χ4v) is 1.43. The van der Waals surface area contributed by atoms with Crippen molar-refractivity contribution in [2.24, 2.45) is 10.4 Å². The van der Waals surface area contributed by atoms with Crippen molar-refractivity contribution in [3.8, 4) is 0 Å². The zero-order valence-corrected chi connectivity index (χ0v) is 10.2. The molecule has 0 radical (unpaired) electrons. The van der Waals surface area contributed by atoms with E-state index >= 15 is 0 Å². The summed E-state index contributed by atoms with van der Waals surface area (Å²) < 4.78 is 0. The molecule has 0 unspecified atom stereocenters. The molecule has 1 aromatic rings. The molecule has 1 aliphatic rings.